The molecule has 0 aromatic carbocycles. The van der Waals surface area contributed by atoms with Crippen molar-refractivity contribution in [1.82, 2.24) is 9.78 Å². The smallest absolute Gasteiger partial charge is 0.265 e. The molecule has 0 saturated heterocycles. The Bertz CT molecular complexity index is 707. The molecule has 0 spiro atoms. The summed E-state index contributed by atoms with van der Waals surface area (Å²) < 4.78 is 7.16. The van der Waals surface area contributed by atoms with Crippen molar-refractivity contribution in [2.45, 2.75) is 39.3 Å². The third kappa shape index (κ3) is 6.32. The van der Waals surface area contributed by atoms with E-state index in [0.717, 1.165) is 17.0 Å². The van der Waals surface area contributed by atoms with Crippen LogP contribution in [0.15, 0.2) is 35.1 Å². The number of carbonyl (C=O) groups excluding carboxylic acids is 1. The minimum Gasteiger partial charge on any atom is -0.385 e. The molecule has 25 heavy (non-hydrogen) atoms. The molecule has 136 valence electrons. The number of amides is 1. The number of carbonyl (C=O) groups is 1. The molecule has 0 aliphatic carbocycles. The molecule has 2 aromatic rings. The second kappa shape index (κ2) is 8.77. The zero-order valence-electron chi connectivity index (χ0n) is 15.0. The number of nitrogens with one attached hydrogen (secondary N) is 1. The average Bonchev–Trinajstić information content (AvgIpc) is 3.25. The van der Waals surface area contributed by atoms with Gasteiger partial charge in [0.2, 0.25) is 0 Å². The largest absolute Gasteiger partial charge is 0.385 e. The lowest BCUT2D eigenvalue weighted by Crippen LogP contribution is -2.24. The first-order chi connectivity index (χ1) is 11.9. The number of anilines is 1. The highest BCUT2D eigenvalue weighted by Gasteiger charge is 2.16. The molecule has 2 rings (SSSR count). The van der Waals surface area contributed by atoms with Gasteiger partial charge < -0.3 is 14.9 Å². The predicted octanol–water partition coefficient (Wildman–Crippen LogP) is 3.14. The number of hydrogen-bond donors (Lipinski definition) is 1. The Morgan fingerprint density at radius 1 is 1.48 bits per heavy atom. The third-order valence-electron chi connectivity index (χ3n) is 3.69. The Kier molecular flexibility index (Phi) is 6.72. The van der Waals surface area contributed by atoms with E-state index in [4.69, 9.17) is 9.57 Å². The van der Waals surface area contributed by atoms with Crippen molar-refractivity contribution in [3.05, 3.63) is 34.8 Å². The van der Waals surface area contributed by atoms with E-state index in [9.17, 15) is 4.79 Å². The number of oxime groups is 1. The van der Waals surface area contributed by atoms with Crippen molar-refractivity contribution < 1.29 is 14.4 Å². The molecule has 2 aromatic heterocycles. The van der Waals surface area contributed by atoms with Crippen LogP contribution in [0.5, 0.6) is 0 Å². The summed E-state index contributed by atoms with van der Waals surface area (Å²) in [6.45, 7) is 6.45. The SMILES string of the molecule is COC(C)(C)CCn1cc(NC(=O)CO/N=C(/C)c2cccs2)cn1. The number of methoxy groups -OCH3 is 1. The van der Waals surface area contributed by atoms with Gasteiger partial charge in [-0.3, -0.25) is 9.48 Å². The summed E-state index contributed by atoms with van der Waals surface area (Å²) in [7, 11) is 1.69. The van der Waals surface area contributed by atoms with Crippen LogP contribution in [-0.2, 0) is 20.9 Å². The third-order valence-corrected chi connectivity index (χ3v) is 4.67. The van der Waals surface area contributed by atoms with E-state index in [0.29, 0.717) is 12.2 Å². The maximum Gasteiger partial charge on any atom is 0.265 e. The molecular weight excluding hydrogens is 340 g/mol. The lowest BCUT2D eigenvalue weighted by molar-refractivity contribution is -0.120. The van der Waals surface area contributed by atoms with Gasteiger partial charge in [0.1, 0.15) is 0 Å². The molecule has 1 amide bonds. The molecular formula is C17H24N4O3S. The molecule has 0 aliphatic rings. The van der Waals surface area contributed by atoms with Gasteiger partial charge in [-0.15, -0.1) is 11.3 Å². The van der Waals surface area contributed by atoms with Crippen LogP contribution in [0.1, 0.15) is 32.1 Å². The van der Waals surface area contributed by atoms with Crippen LogP contribution in [0.25, 0.3) is 0 Å². The fourth-order valence-corrected chi connectivity index (χ4v) is 2.62. The zero-order chi connectivity index (χ0) is 18.3. The van der Waals surface area contributed by atoms with E-state index in [2.05, 4.69) is 15.6 Å². The highest BCUT2D eigenvalue weighted by atomic mass is 32.1. The Balaban J connectivity index is 1.76. The fraction of sp³-hybridized carbons (Fsp3) is 0.471. The zero-order valence-corrected chi connectivity index (χ0v) is 15.8. The molecule has 0 unspecified atom stereocenters. The number of ether oxygens (including phenoxy) is 1. The van der Waals surface area contributed by atoms with Gasteiger partial charge in [-0.1, -0.05) is 11.2 Å². The first-order valence-corrected chi connectivity index (χ1v) is 8.85. The summed E-state index contributed by atoms with van der Waals surface area (Å²) in [5, 5.41) is 12.9. The Morgan fingerprint density at radius 2 is 2.28 bits per heavy atom. The lowest BCUT2D eigenvalue weighted by atomic mass is 10.1. The number of aromatic nitrogens is 2. The van der Waals surface area contributed by atoms with E-state index < -0.39 is 0 Å². The van der Waals surface area contributed by atoms with Gasteiger partial charge in [0.25, 0.3) is 5.91 Å². The Hall–Kier alpha value is -2.19. The summed E-state index contributed by atoms with van der Waals surface area (Å²) in [4.78, 5) is 18.0. The van der Waals surface area contributed by atoms with E-state index in [1.807, 2.05) is 38.3 Å². The predicted molar refractivity (Wildman–Crippen MR) is 99.0 cm³/mol. The van der Waals surface area contributed by atoms with E-state index in [1.54, 1.807) is 35.5 Å². The molecule has 8 heteroatoms. The van der Waals surface area contributed by atoms with Gasteiger partial charge in [-0.05, 0) is 38.6 Å². The Morgan fingerprint density at radius 3 is 2.96 bits per heavy atom. The van der Waals surface area contributed by atoms with Gasteiger partial charge in [-0.25, -0.2) is 0 Å². The van der Waals surface area contributed by atoms with Gasteiger partial charge in [-0.2, -0.15) is 5.10 Å². The van der Waals surface area contributed by atoms with Crippen LogP contribution in [0.3, 0.4) is 0 Å². The first kappa shape index (κ1) is 19.1. The van der Waals surface area contributed by atoms with Crippen molar-refractivity contribution >= 4 is 28.6 Å². The normalized spacial score (nSPS) is 12.2. The number of rotatable bonds is 9. The molecule has 1 N–H and O–H groups in total. The van der Waals surface area contributed by atoms with Crippen molar-refractivity contribution in [3.8, 4) is 0 Å². The standard InChI is InChI=1S/C17H24N4O3S/c1-13(15-6-5-9-25-15)20-24-12-16(22)19-14-10-18-21(11-14)8-7-17(2,3)23-4/h5-6,9-11H,7-8,12H2,1-4H3,(H,19,22)/b20-13-. The van der Waals surface area contributed by atoms with E-state index in [1.165, 1.54) is 0 Å². The fourth-order valence-electron chi connectivity index (χ4n) is 1.95. The second-order valence-electron chi connectivity index (χ2n) is 6.18. The van der Waals surface area contributed by atoms with Crippen LogP contribution in [0, 0.1) is 0 Å². The van der Waals surface area contributed by atoms with Crippen LogP contribution < -0.4 is 5.32 Å². The maximum atomic E-state index is 11.9. The van der Waals surface area contributed by atoms with Crippen molar-refractivity contribution in [3.63, 3.8) is 0 Å². The number of aryl methyl sites for hydroxylation is 1. The molecule has 2 heterocycles. The van der Waals surface area contributed by atoms with Gasteiger partial charge in [0, 0.05) is 19.9 Å². The average molecular weight is 364 g/mol. The van der Waals surface area contributed by atoms with Crippen molar-refractivity contribution in [2.24, 2.45) is 5.16 Å². The molecule has 0 radical (unpaired) electrons. The molecule has 0 fully saturated rings. The molecule has 0 atom stereocenters. The van der Waals surface area contributed by atoms with Crippen LogP contribution in [-0.4, -0.2) is 40.7 Å². The summed E-state index contributed by atoms with van der Waals surface area (Å²) in [5.41, 5.74) is 1.17. The number of nitrogens with zero attached hydrogens (tertiary/aromatic N) is 3. The van der Waals surface area contributed by atoms with Gasteiger partial charge in [0.15, 0.2) is 6.61 Å². The van der Waals surface area contributed by atoms with Crippen LogP contribution in [0.4, 0.5) is 5.69 Å². The summed E-state index contributed by atoms with van der Waals surface area (Å²) in [6, 6.07) is 3.89. The summed E-state index contributed by atoms with van der Waals surface area (Å²) in [5.74, 6) is -0.278. The lowest BCUT2D eigenvalue weighted by Gasteiger charge is -2.22. The summed E-state index contributed by atoms with van der Waals surface area (Å²) >= 11 is 1.57. The molecule has 0 saturated carbocycles. The van der Waals surface area contributed by atoms with Gasteiger partial charge in [0.05, 0.1) is 28.1 Å². The van der Waals surface area contributed by atoms with Gasteiger partial charge >= 0.3 is 0 Å². The minimum absolute atomic E-state index is 0.148. The van der Waals surface area contributed by atoms with Crippen molar-refractivity contribution in [1.29, 1.82) is 0 Å². The maximum absolute atomic E-state index is 11.9. The quantitative estimate of drug-likeness (QED) is 0.548. The van der Waals surface area contributed by atoms with Crippen LogP contribution in [0.2, 0.25) is 0 Å². The highest BCUT2D eigenvalue weighted by Crippen LogP contribution is 2.15. The van der Waals surface area contributed by atoms with Crippen LogP contribution >= 0.6 is 11.3 Å². The van der Waals surface area contributed by atoms with E-state index in [-0.39, 0.29) is 18.1 Å². The first-order valence-electron chi connectivity index (χ1n) is 7.97. The second-order valence-corrected chi connectivity index (χ2v) is 7.13. The monoisotopic (exact) mass is 364 g/mol. The highest BCUT2D eigenvalue weighted by molar-refractivity contribution is 7.12. The number of hydrogen-bond acceptors (Lipinski definition) is 6. The minimum atomic E-state index is -0.278. The number of thiophene rings is 1. The molecule has 7 nitrogen and oxygen atoms in total. The topological polar surface area (TPSA) is 77.7 Å². The van der Waals surface area contributed by atoms with E-state index >= 15 is 0 Å². The molecule has 0 aliphatic heterocycles. The molecule has 0 bridgehead atoms. The van der Waals surface area contributed by atoms with Crippen molar-refractivity contribution in [2.75, 3.05) is 19.0 Å². The Labute approximate surface area is 151 Å². The summed E-state index contributed by atoms with van der Waals surface area (Å²) in [6.07, 6.45) is 4.21.